The molecular weight excluding hydrogens is 384 g/mol. The van der Waals surface area contributed by atoms with Crippen molar-refractivity contribution < 1.29 is 28.4 Å². The van der Waals surface area contributed by atoms with Gasteiger partial charge in [0.1, 0.15) is 0 Å². The molecule has 0 amide bonds. The first kappa shape index (κ1) is 24.4. The van der Waals surface area contributed by atoms with E-state index in [-0.39, 0.29) is 40.7 Å². The van der Waals surface area contributed by atoms with Crippen LogP contribution in [0.1, 0.15) is 83.1 Å². The molecule has 4 atom stereocenters. The van der Waals surface area contributed by atoms with Gasteiger partial charge in [0.15, 0.2) is 17.4 Å². The van der Waals surface area contributed by atoms with Crippen LogP contribution in [0, 0.1) is 16.2 Å². The molecule has 3 fully saturated rings. The molecule has 6 nitrogen and oxygen atoms in total. The molecule has 0 unspecified atom stereocenters. The second-order valence-corrected chi connectivity index (χ2v) is 12.7. The van der Waals surface area contributed by atoms with Crippen molar-refractivity contribution in [3.63, 3.8) is 0 Å². The van der Waals surface area contributed by atoms with Crippen LogP contribution in [0.5, 0.6) is 0 Å². The van der Waals surface area contributed by atoms with Gasteiger partial charge in [-0.15, -0.1) is 0 Å². The molecule has 3 aliphatic rings. The van der Waals surface area contributed by atoms with E-state index in [4.69, 9.17) is 28.4 Å². The van der Waals surface area contributed by atoms with Crippen LogP contribution in [0.4, 0.5) is 0 Å². The third kappa shape index (κ3) is 4.60. The van der Waals surface area contributed by atoms with E-state index < -0.39 is 17.4 Å². The maximum absolute atomic E-state index is 6.61. The van der Waals surface area contributed by atoms with Crippen molar-refractivity contribution in [3.8, 4) is 0 Å². The Morgan fingerprint density at radius 2 is 0.733 bits per heavy atom. The molecule has 0 aliphatic carbocycles. The lowest BCUT2D eigenvalue weighted by molar-refractivity contribution is -0.424. The van der Waals surface area contributed by atoms with E-state index in [0.717, 1.165) is 0 Å². The van der Waals surface area contributed by atoms with Gasteiger partial charge < -0.3 is 28.4 Å². The first-order valence-electron chi connectivity index (χ1n) is 11.3. The van der Waals surface area contributed by atoms with Crippen LogP contribution in [-0.4, -0.2) is 55.0 Å². The predicted octanol–water partition coefficient (Wildman–Crippen LogP) is 4.89. The van der Waals surface area contributed by atoms with Crippen molar-refractivity contribution in [2.75, 3.05) is 13.2 Å². The highest BCUT2D eigenvalue weighted by molar-refractivity contribution is 5.06. The zero-order chi connectivity index (χ0) is 23.0. The van der Waals surface area contributed by atoms with Gasteiger partial charge in [0, 0.05) is 16.2 Å². The molecule has 3 aliphatic heterocycles. The predicted molar refractivity (Wildman–Crippen MR) is 115 cm³/mol. The summed E-state index contributed by atoms with van der Waals surface area (Å²) in [5.74, 6) is -2.09. The molecule has 3 saturated heterocycles. The van der Waals surface area contributed by atoms with E-state index in [2.05, 4.69) is 41.5 Å². The highest BCUT2D eigenvalue weighted by Crippen LogP contribution is 2.52. The Morgan fingerprint density at radius 1 is 0.433 bits per heavy atom. The number of hydrogen-bond donors (Lipinski definition) is 0. The van der Waals surface area contributed by atoms with Crippen LogP contribution in [0.2, 0.25) is 0 Å². The van der Waals surface area contributed by atoms with Crippen LogP contribution in [0.3, 0.4) is 0 Å². The minimum absolute atomic E-state index is 0.155. The zero-order valence-electron chi connectivity index (χ0n) is 21.2. The summed E-state index contributed by atoms with van der Waals surface area (Å²) in [7, 11) is 0. The summed E-state index contributed by atoms with van der Waals surface area (Å²) < 4.78 is 38.2. The Bertz CT molecular complexity index is 596. The molecule has 3 heterocycles. The van der Waals surface area contributed by atoms with Gasteiger partial charge in [0.25, 0.3) is 0 Å². The third-order valence-corrected chi connectivity index (χ3v) is 6.78. The molecule has 0 aromatic rings. The van der Waals surface area contributed by atoms with Gasteiger partial charge in [-0.25, -0.2) is 0 Å². The Morgan fingerprint density at radius 3 is 1.07 bits per heavy atom. The summed E-state index contributed by atoms with van der Waals surface area (Å²) in [5, 5.41) is 0. The van der Waals surface area contributed by atoms with E-state index >= 15 is 0 Å². The third-order valence-electron chi connectivity index (χ3n) is 6.78. The van der Waals surface area contributed by atoms with Crippen molar-refractivity contribution in [2.45, 2.75) is 125 Å². The van der Waals surface area contributed by atoms with Crippen LogP contribution in [0.15, 0.2) is 0 Å². The normalized spacial score (nSPS) is 41.2. The van der Waals surface area contributed by atoms with Crippen molar-refractivity contribution in [3.05, 3.63) is 0 Å². The fourth-order valence-electron chi connectivity index (χ4n) is 4.83. The largest absolute Gasteiger partial charge is 0.350 e. The Balaban J connectivity index is 2.02. The number of rotatable bonds is 2. The lowest BCUT2D eigenvalue weighted by Crippen LogP contribution is -2.70. The van der Waals surface area contributed by atoms with Crippen molar-refractivity contribution in [1.29, 1.82) is 0 Å². The fourth-order valence-corrected chi connectivity index (χ4v) is 4.83. The van der Waals surface area contributed by atoms with Gasteiger partial charge in [-0.05, 0) is 41.5 Å². The van der Waals surface area contributed by atoms with Crippen molar-refractivity contribution in [2.24, 2.45) is 16.2 Å². The van der Waals surface area contributed by atoms with Gasteiger partial charge in [0.05, 0.1) is 37.6 Å². The van der Waals surface area contributed by atoms with Crippen LogP contribution >= 0.6 is 0 Å². The summed E-state index contributed by atoms with van der Waals surface area (Å²) in [6, 6.07) is 0. The number of ether oxygens (including phenoxy) is 6. The average Bonchev–Trinajstić information content (AvgIpc) is 2.55. The van der Waals surface area contributed by atoms with Crippen LogP contribution in [0.25, 0.3) is 0 Å². The molecule has 0 N–H and O–H groups in total. The summed E-state index contributed by atoms with van der Waals surface area (Å²) in [6.45, 7) is 26.2. The first-order chi connectivity index (χ1) is 13.3. The van der Waals surface area contributed by atoms with Crippen LogP contribution in [-0.2, 0) is 28.4 Å². The second kappa shape index (κ2) is 7.13. The van der Waals surface area contributed by atoms with E-state index in [1.54, 1.807) is 0 Å². The summed E-state index contributed by atoms with van der Waals surface area (Å²) in [4.78, 5) is 0. The monoisotopic (exact) mass is 428 g/mol. The summed E-state index contributed by atoms with van der Waals surface area (Å²) in [5.41, 5.74) is -0.790. The standard InChI is InChI=1S/C24H44O6/c1-19(2)13-25-22(7,8)27-15(19)17-21(5,6)18(30-24(11,12)29-17)16-20(3,4)14-26-23(9,10)28-16/h15-18H,13-14H2,1-12H3/t15-,16+,17-,18+. The van der Waals surface area contributed by atoms with E-state index in [0.29, 0.717) is 13.2 Å². The van der Waals surface area contributed by atoms with Crippen LogP contribution < -0.4 is 0 Å². The SMILES string of the molecule is CC1(C)OCC(C)(C)[C@@H]([C@H]2OC(C)(C)O[C@@H]([C@@H]3OC(C)(C)OCC3(C)C)C2(C)C)O1. The van der Waals surface area contributed by atoms with Gasteiger partial charge in [-0.1, -0.05) is 41.5 Å². The average molecular weight is 429 g/mol. The lowest BCUT2D eigenvalue weighted by atomic mass is 9.66. The topological polar surface area (TPSA) is 55.4 Å². The maximum Gasteiger partial charge on any atom is 0.163 e. The molecule has 3 rings (SSSR count). The van der Waals surface area contributed by atoms with E-state index in [1.165, 1.54) is 0 Å². The molecular formula is C24H44O6. The highest BCUT2D eigenvalue weighted by atomic mass is 16.8. The molecule has 176 valence electrons. The molecule has 0 spiro atoms. The minimum atomic E-state index is -0.769. The Kier molecular flexibility index (Phi) is 5.80. The molecule has 0 bridgehead atoms. The van der Waals surface area contributed by atoms with Gasteiger partial charge in [0.2, 0.25) is 0 Å². The molecule has 30 heavy (non-hydrogen) atoms. The van der Waals surface area contributed by atoms with Gasteiger partial charge in [-0.2, -0.15) is 0 Å². The minimum Gasteiger partial charge on any atom is -0.350 e. The van der Waals surface area contributed by atoms with E-state index in [1.807, 2.05) is 41.5 Å². The lowest BCUT2D eigenvalue weighted by Gasteiger charge is -2.61. The second-order valence-electron chi connectivity index (χ2n) is 12.7. The van der Waals surface area contributed by atoms with Crippen molar-refractivity contribution in [1.82, 2.24) is 0 Å². The zero-order valence-corrected chi connectivity index (χ0v) is 21.2. The highest BCUT2D eigenvalue weighted by Gasteiger charge is 2.62. The molecule has 0 aromatic carbocycles. The van der Waals surface area contributed by atoms with Crippen molar-refractivity contribution >= 4 is 0 Å². The Labute approximate surface area is 183 Å². The molecule has 0 aromatic heterocycles. The Hall–Kier alpha value is -0.240. The fraction of sp³-hybridized carbons (Fsp3) is 1.00. The summed E-state index contributed by atoms with van der Waals surface area (Å²) in [6.07, 6.45) is -0.708. The molecule has 6 heteroatoms. The first-order valence-corrected chi connectivity index (χ1v) is 11.3. The smallest absolute Gasteiger partial charge is 0.163 e. The molecule has 0 saturated carbocycles. The molecule has 0 radical (unpaired) electrons. The van der Waals surface area contributed by atoms with Gasteiger partial charge in [-0.3, -0.25) is 0 Å². The van der Waals surface area contributed by atoms with Gasteiger partial charge >= 0.3 is 0 Å². The maximum atomic E-state index is 6.61. The van der Waals surface area contributed by atoms with E-state index in [9.17, 15) is 0 Å². The quantitative estimate of drug-likeness (QED) is 0.624. The summed E-state index contributed by atoms with van der Waals surface area (Å²) >= 11 is 0. The number of hydrogen-bond acceptors (Lipinski definition) is 6.